The highest BCUT2D eigenvalue weighted by Gasteiger charge is 2.57. The summed E-state index contributed by atoms with van der Waals surface area (Å²) in [5.41, 5.74) is 1.26. The lowest BCUT2D eigenvalue weighted by atomic mass is 9.95. The number of carbonyl (C=O) groups excluding carboxylic acids is 1. The predicted octanol–water partition coefficient (Wildman–Crippen LogP) is 13.0. The molecule has 2 fully saturated rings. The van der Waals surface area contributed by atoms with Crippen molar-refractivity contribution in [2.45, 2.75) is 238 Å². The second-order valence-corrected chi connectivity index (χ2v) is 63.6. The van der Waals surface area contributed by atoms with Crippen molar-refractivity contribution in [1.82, 2.24) is 0 Å². The number of ketones is 1. The zero-order chi connectivity index (χ0) is 55.2. The van der Waals surface area contributed by atoms with Crippen LogP contribution < -0.4 is 18.3 Å². The lowest BCUT2D eigenvalue weighted by molar-refractivity contribution is -0.347. The van der Waals surface area contributed by atoms with Crippen LogP contribution in [-0.4, -0.2) is 140 Å². The molecule has 0 amide bonds. The summed E-state index contributed by atoms with van der Waals surface area (Å²) in [6.07, 6.45) is -7.39. The largest absolute Gasteiger partial charge is 0.544 e. The van der Waals surface area contributed by atoms with E-state index in [2.05, 4.69) is 157 Å². The highest BCUT2D eigenvalue weighted by molar-refractivity contribution is 6.72. The van der Waals surface area contributed by atoms with Crippen LogP contribution in [0.1, 0.15) is 35.4 Å². The summed E-state index contributed by atoms with van der Waals surface area (Å²) in [7, 11) is -17.7. The van der Waals surface area contributed by atoms with Gasteiger partial charge in [-0.3, -0.25) is 4.79 Å². The zero-order valence-electron chi connectivity index (χ0n) is 49.4. The van der Waals surface area contributed by atoms with E-state index < -0.39 is 134 Å². The molecule has 22 heteroatoms. The number of Topliss-reactive ketones (excluding diaryl/α,β-unsaturated/α-hetero) is 1. The average Bonchev–Trinajstić information content (AvgIpc) is 3.15. The maximum absolute atomic E-state index is 14.4. The summed E-state index contributed by atoms with van der Waals surface area (Å²) >= 11 is 0. The minimum atomic E-state index is -2.42. The van der Waals surface area contributed by atoms with Crippen LogP contribution in [0.4, 0.5) is 0 Å². The Balaban J connectivity index is 1.71. The monoisotopic (exact) mass is 1160 g/mol. The molecule has 3 heterocycles. The first-order chi connectivity index (χ1) is 32.9. The molecule has 0 aromatic heterocycles. The molecule has 14 nitrogen and oxygen atoms in total. The van der Waals surface area contributed by atoms with Gasteiger partial charge in [0.2, 0.25) is 22.9 Å². The fourth-order valence-corrected chi connectivity index (χ4v) is 16.7. The van der Waals surface area contributed by atoms with Crippen molar-refractivity contribution in [3.63, 3.8) is 0 Å². The quantitative estimate of drug-likeness (QED) is 0.103. The van der Waals surface area contributed by atoms with E-state index in [-0.39, 0.29) is 18.8 Å². The van der Waals surface area contributed by atoms with Crippen molar-refractivity contribution in [1.29, 1.82) is 0 Å². The Kier molecular flexibility index (Phi) is 19.9. The van der Waals surface area contributed by atoms with Gasteiger partial charge in [0, 0.05) is 12.1 Å². The van der Waals surface area contributed by atoms with Crippen LogP contribution in [0.5, 0.6) is 23.0 Å². The van der Waals surface area contributed by atoms with E-state index in [1.807, 2.05) is 31.2 Å². The van der Waals surface area contributed by atoms with E-state index in [9.17, 15) is 4.79 Å². The molecule has 0 saturated carbocycles. The first-order valence-electron chi connectivity index (χ1n) is 26.4. The van der Waals surface area contributed by atoms with Crippen LogP contribution >= 0.6 is 0 Å². The minimum Gasteiger partial charge on any atom is -0.544 e. The summed E-state index contributed by atoms with van der Waals surface area (Å²) in [5.74, 6) is 1.86. The van der Waals surface area contributed by atoms with Gasteiger partial charge in [-0.25, -0.2) is 0 Å². The Morgan fingerprint density at radius 1 is 0.493 bits per heavy atom. The van der Waals surface area contributed by atoms with Crippen LogP contribution in [0.25, 0.3) is 0 Å². The maximum atomic E-state index is 14.4. The summed E-state index contributed by atoms with van der Waals surface area (Å²) < 4.78 is 91.4. The third kappa shape index (κ3) is 19.8. The molecule has 0 spiro atoms. The van der Waals surface area contributed by atoms with Crippen molar-refractivity contribution in [3.05, 3.63) is 47.5 Å². The Bertz CT molecular complexity index is 2150. The first kappa shape index (κ1) is 62.5. The number of ether oxygens (including phenoxy) is 5. The molecule has 73 heavy (non-hydrogen) atoms. The van der Waals surface area contributed by atoms with Crippen LogP contribution in [0.3, 0.4) is 0 Å². The van der Waals surface area contributed by atoms with Crippen LogP contribution in [0.15, 0.2) is 36.4 Å². The molecule has 0 N–H and O–H groups in total. The number of fused-ring (bicyclic) bond motifs is 1. The summed E-state index contributed by atoms with van der Waals surface area (Å²) in [6.45, 7) is 54.1. The van der Waals surface area contributed by atoms with Gasteiger partial charge in [-0.05, 0) is 182 Å². The molecule has 2 aromatic rings. The Morgan fingerprint density at radius 2 is 0.973 bits per heavy atom. The number of rotatable bonds is 22. The molecule has 0 aliphatic carbocycles. The van der Waals surface area contributed by atoms with Gasteiger partial charge in [0.1, 0.15) is 65.2 Å². The van der Waals surface area contributed by atoms with Crippen molar-refractivity contribution in [2.24, 2.45) is 0 Å². The predicted molar refractivity (Wildman–Crippen MR) is 312 cm³/mol. The van der Waals surface area contributed by atoms with Gasteiger partial charge in [-0.2, -0.15) is 0 Å². The Labute approximate surface area is 448 Å². The maximum Gasteiger partial charge on any atom is 0.242 e. The molecule has 3 aliphatic rings. The van der Waals surface area contributed by atoms with Gasteiger partial charge in [0.05, 0.1) is 25.2 Å². The van der Waals surface area contributed by atoms with Crippen molar-refractivity contribution in [3.8, 4) is 23.0 Å². The Hall–Kier alpha value is -1.31. The van der Waals surface area contributed by atoms with E-state index in [0.717, 1.165) is 11.3 Å². The standard InChI is InChI=1S/C51H96O14Si8/c1-34-44(61-69(11,12)13)46(63-71(17,18)19)49(65-73(23,24)25)51(54-34)58-48-47(64-72(20,21)22)45(62-70(14,15)16)42(33-53-66(2,3)4)57-50(48)55-37-30-40-43(41(31-37)60-68(8,9)10)38(52)32-39(56-40)35-26-28-36(29-27-35)59-67(5,6)7/h26-31,34,39,42,44-51H,32-33H2,1-25H3. The van der Waals surface area contributed by atoms with Crippen LogP contribution in [-0.2, 0) is 40.8 Å². The molecule has 0 radical (unpaired) electrons. The number of hydrogen-bond acceptors (Lipinski definition) is 14. The summed E-state index contributed by atoms with van der Waals surface area (Å²) in [4.78, 5) is 14.4. The lowest BCUT2D eigenvalue weighted by Crippen LogP contribution is -2.69. The van der Waals surface area contributed by atoms with Crippen molar-refractivity contribution in [2.75, 3.05) is 6.61 Å². The van der Waals surface area contributed by atoms with Gasteiger partial charge in [0.25, 0.3) is 0 Å². The topological polar surface area (TPSA) is 137 Å². The van der Waals surface area contributed by atoms with Gasteiger partial charge in [-0.15, -0.1) is 0 Å². The highest BCUT2D eigenvalue weighted by atomic mass is 28.4. The molecule has 5 rings (SSSR count). The Morgan fingerprint density at radius 3 is 1.47 bits per heavy atom. The highest BCUT2D eigenvalue weighted by Crippen LogP contribution is 2.45. The van der Waals surface area contributed by atoms with E-state index in [4.69, 9.17) is 59.1 Å². The lowest BCUT2D eigenvalue weighted by Gasteiger charge is -2.53. The molecule has 3 aliphatic heterocycles. The summed E-state index contributed by atoms with van der Waals surface area (Å²) in [6, 6.07) is 11.4. The number of carbonyl (C=O) groups is 1. The van der Waals surface area contributed by atoms with Crippen molar-refractivity contribution >= 4 is 72.3 Å². The third-order valence-corrected chi connectivity index (χ3v) is 18.7. The molecule has 11 unspecified atom stereocenters. The second kappa shape index (κ2) is 23.2. The van der Waals surface area contributed by atoms with Crippen LogP contribution in [0.2, 0.25) is 157 Å². The fourth-order valence-electron chi connectivity index (χ4n) is 8.86. The molecule has 0 bridgehead atoms. The first-order valence-corrected chi connectivity index (χ1v) is 53.7. The van der Waals surface area contributed by atoms with Gasteiger partial charge in [-0.1, -0.05) is 12.1 Å². The zero-order valence-corrected chi connectivity index (χ0v) is 57.4. The minimum absolute atomic E-state index is 0.0781. The fraction of sp³-hybridized carbons (Fsp3) is 0.745. The van der Waals surface area contributed by atoms with Gasteiger partial charge < -0.3 is 59.1 Å². The molecular weight excluding hydrogens is 1060 g/mol. The number of hydrogen-bond donors (Lipinski definition) is 0. The van der Waals surface area contributed by atoms with Gasteiger partial charge >= 0.3 is 0 Å². The van der Waals surface area contributed by atoms with E-state index in [1.165, 1.54) is 0 Å². The van der Waals surface area contributed by atoms with E-state index in [1.54, 1.807) is 12.1 Å². The molecule has 2 saturated heterocycles. The SMILES string of the molecule is CC1OC(OC2C(Oc3cc4c(c(O[Si](C)(C)C)c3)C(=O)CC(c3ccc(O[Si](C)(C)C)cc3)O4)OC(CO[Si](C)(C)C)C(O[Si](C)(C)C)C2O[Si](C)(C)C)C(O[Si](C)(C)C)C(O[Si](C)(C)C)C1O[Si](C)(C)C. The third-order valence-electron chi connectivity index (χ3n) is 11.0. The number of benzene rings is 2. The smallest absolute Gasteiger partial charge is 0.242 e. The molecule has 416 valence electrons. The summed E-state index contributed by atoms with van der Waals surface area (Å²) in [5, 5.41) is 0. The van der Waals surface area contributed by atoms with E-state index in [0.29, 0.717) is 22.8 Å². The molecular formula is C51H96O14Si8. The van der Waals surface area contributed by atoms with Gasteiger partial charge in [0.15, 0.2) is 68.1 Å². The molecule has 2 aromatic carbocycles. The van der Waals surface area contributed by atoms with E-state index >= 15 is 0 Å². The average molecular weight is 1160 g/mol. The normalized spacial score (nSPS) is 28.1. The molecule has 11 atom stereocenters. The second-order valence-electron chi connectivity index (χ2n) is 27.9. The van der Waals surface area contributed by atoms with Crippen LogP contribution in [0, 0.1) is 0 Å². The van der Waals surface area contributed by atoms with Crippen molar-refractivity contribution < 1.29 is 63.9 Å².